The van der Waals surface area contributed by atoms with Crippen LogP contribution in [0.1, 0.15) is 25.7 Å². The summed E-state index contributed by atoms with van der Waals surface area (Å²) < 4.78 is 5.49. The van der Waals surface area contributed by atoms with Gasteiger partial charge < -0.3 is 19.6 Å². The molecule has 2 rings (SSSR count). The third kappa shape index (κ3) is 4.70. The van der Waals surface area contributed by atoms with E-state index in [-0.39, 0.29) is 18.6 Å². The van der Waals surface area contributed by atoms with Crippen molar-refractivity contribution in [3.8, 4) is 0 Å². The first kappa shape index (κ1) is 14.1. The number of carbonyl (C=O) groups is 2. The van der Waals surface area contributed by atoms with Crippen LogP contribution in [0, 0.1) is 5.92 Å². The first-order chi connectivity index (χ1) is 9.08. The molecule has 0 atom stereocenters. The predicted molar refractivity (Wildman–Crippen MR) is 68.9 cm³/mol. The van der Waals surface area contributed by atoms with Gasteiger partial charge in [-0.05, 0) is 31.6 Å². The third-order valence-corrected chi connectivity index (χ3v) is 3.49. The molecule has 6 heteroatoms. The zero-order valence-corrected chi connectivity index (χ0v) is 11.4. The van der Waals surface area contributed by atoms with Gasteiger partial charge in [0.05, 0.1) is 6.61 Å². The van der Waals surface area contributed by atoms with E-state index in [2.05, 4.69) is 0 Å². The highest BCUT2D eigenvalue weighted by atomic mass is 16.5. The molecule has 0 radical (unpaired) electrons. The molecule has 2 fully saturated rings. The fourth-order valence-electron chi connectivity index (χ4n) is 1.94. The Hall–Kier alpha value is -1.30. The Bertz CT molecular complexity index is 340. The van der Waals surface area contributed by atoms with Crippen LogP contribution in [-0.4, -0.2) is 66.3 Å². The molecule has 108 valence electrons. The number of rotatable bonds is 8. The molecule has 2 aliphatic rings. The van der Waals surface area contributed by atoms with E-state index in [0.717, 1.165) is 25.4 Å². The number of amides is 2. The highest BCUT2D eigenvalue weighted by Crippen LogP contribution is 2.29. The molecule has 19 heavy (non-hydrogen) atoms. The summed E-state index contributed by atoms with van der Waals surface area (Å²) in [7, 11) is 1.69. The van der Waals surface area contributed by atoms with Crippen LogP contribution in [-0.2, 0) is 9.53 Å². The first-order valence-corrected chi connectivity index (χ1v) is 6.89. The summed E-state index contributed by atoms with van der Waals surface area (Å²) in [5.41, 5.74) is 0. The number of carboxylic acids is 1. The van der Waals surface area contributed by atoms with Crippen LogP contribution in [0.5, 0.6) is 0 Å². The maximum absolute atomic E-state index is 12.1. The summed E-state index contributed by atoms with van der Waals surface area (Å²) in [5.74, 6) is -0.241. The minimum Gasteiger partial charge on any atom is -0.480 e. The molecule has 6 nitrogen and oxygen atoms in total. The molecule has 0 saturated heterocycles. The smallest absolute Gasteiger partial charge is 0.323 e. The number of aliphatic carboxylic acids is 1. The molecule has 0 aromatic heterocycles. The van der Waals surface area contributed by atoms with Crippen molar-refractivity contribution in [1.29, 1.82) is 0 Å². The quantitative estimate of drug-likeness (QED) is 0.668. The predicted octanol–water partition coefficient (Wildman–Crippen LogP) is 1.01. The van der Waals surface area contributed by atoms with Gasteiger partial charge in [-0.15, -0.1) is 0 Å². The lowest BCUT2D eigenvalue weighted by atomic mass is 10.4. The van der Waals surface area contributed by atoms with Crippen LogP contribution >= 0.6 is 0 Å². The largest absolute Gasteiger partial charge is 0.480 e. The monoisotopic (exact) mass is 270 g/mol. The average molecular weight is 270 g/mol. The van der Waals surface area contributed by atoms with Gasteiger partial charge in [-0.2, -0.15) is 0 Å². The molecule has 1 N–H and O–H groups in total. The highest BCUT2D eigenvalue weighted by molar-refractivity contribution is 5.80. The van der Waals surface area contributed by atoms with Gasteiger partial charge in [0, 0.05) is 26.2 Å². The molecule has 2 amide bonds. The second-order valence-corrected chi connectivity index (χ2v) is 5.48. The van der Waals surface area contributed by atoms with Crippen molar-refractivity contribution in [1.82, 2.24) is 9.80 Å². The summed E-state index contributed by atoms with van der Waals surface area (Å²) in [4.78, 5) is 25.9. The van der Waals surface area contributed by atoms with Crippen molar-refractivity contribution >= 4 is 12.0 Å². The van der Waals surface area contributed by atoms with Crippen LogP contribution < -0.4 is 0 Å². The second kappa shape index (κ2) is 6.23. The van der Waals surface area contributed by atoms with Crippen molar-refractivity contribution in [2.75, 3.05) is 33.4 Å². The Morgan fingerprint density at radius 2 is 1.95 bits per heavy atom. The molecule has 2 aliphatic carbocycles. The van der Waals surface area contributed by atoms with Crippen LogP contribution in [0.2, 0.25) is 0 Å². The number of carbonyl (C=O) groups excluding carboxylic acids is 1. The minimum atomic E-state index is -0.960. The third-order valence-electron chi connectivity index (χ3n) is 3.49. The Labute approximate surface area is 113 Å². The van der Waals surface area contributed by atoms with Gasteiger partial charge in [-0.1, -0.05) is 0 Å². The van der Waals surface area contributed by atoms with Crippen LogP contribution in [0.4, 0.5) is 4.79 Å². The summed E-state index contributed by atoms with van der Waals surface area (Å²) >= 11 is 0. The van der Waals surface area contributed by atoms with Crippen molar-refractivity contribution in [2.24, 2.45) is 5.92 Å². The van der Waals surface area contributed by atoms with E-state index in [4.69, 9.17) is 9.84 Å². The van der Waals surface area contributed by atoms with E-state index < -0.39 is 5.97 Å². The van der Waals surface area contributed by atoms with Crippen LogP contribution in [0.3, 0.4) is 0 Å². The molecule has 0 bridgehead atoms. The molecular weight excluding hydrogens is 248 g/mol. The fraction of sp³-hybridized carbons (Fsp3) is 0.846. The SMILES string of the molecule is CN(CCOCC1CC1)C(=O)N(CC(=O)O)C1CC1. The topological polar surface area (TPSA) is 70.1 Å². The van der Waals surface area contributed by atoms with E-state index in [1.165, 1.54) is 17.7 Å². The zero-order valence-electron chi connectivity index (χ0n) is 11.4. The molecule has 2 saturated carbocycles. The Morgan fingerprint density at radius 3 is 2.47 bits per heavy atom. The van der Waals surface area contributed by atoms with Gasteiger partial charge in [0.1, 0.15) is 6.54 Å². The van der Waals surface area contributed by atoms with E-state index in [9.17, 15) is 9.59 Å². The molecule has 0 unspecified atom stereocenters. The van der Waals surface area contributed by atoms with Crippen LogP contribution in [0.15, 0.2) is 0 Å². The summed E-state index contributed by atoms with van der Waals surface area (Å²) in [6.07, 6.45) is 4.32. The Kier molecular flexibility index (Phi) is 4.63. The number of ether oxygens (including phenoxy) is 1. The summed E-state index contributed by atoms with van der Waals surface area (Å²) in [6.45, 7) is 1.60. The summed E-state index contributed by atoms with van der Waals surface area (Å²) in [6, 6.07) is -0.0987. The molecule has 0 spiro atoms. The lowest BCUT2D eigenvalue weighted by Crippen LogP contribution is -2.45. The number of urea groups is 1. The molecular formula is C13H22N2O4. The second-order valence-electron chi connectivity index (χ2n) is 5.48. The van der Waals surface area contributed by atoms with Crippen molar-refractivity contribution in [3.05, 3.63) is 0 Å². The van der Waals surface area contributed by atoms with E-state index in [0.29, 0.717) is 13.2 Å². The first-order valence-electron chi connectivity index (χ1n) is 6.89. The van der Waals surface area contributed by atoms with Gasteiger partial charge >= 0.3 is 12.0 Å². The zero-order chi connectivity index (χ0) is 13.8. The Balaban J connectivity index is 1.70. The normalized spacial score (nSPS) is 18.2. The van der Waals surface area contributed by atoms with E-state index >= 15 is 0 Å². The van der Waals surface area contributed by atoms with Crippen molar-refractivity contribution < 1.29 is 19.4 Å². The molecule has 0 aliphatic heterocycles. The van der Waals surface area contributed by atoms with Gasteiger partial charge in [-0.25, -0.2) is 4.79 Å². The lowest BCUT2D eigenvalue weighted by molar-refractivity contribution is -0.137. The maximum atomic E-state index is 12.1. The minimum absolute atomic E-state index is 0.110. The maximum Gasteiger partial charge on any atom is 0.323 e. The average Bonchev–Trinajstić information content (AvgIpc) is 3.23. The van der Waals surface area contributed by atoms with Crippen molar-refractivity contribution in [2.45, 2.75) is 31.7 Å². The highest BCUT2D eigenvalue weighted by Gasteiger charge is 2.35. The number of likely N-dealkylation sites (N-methyl/N-ethyl adjacent to an activating group) is 1. The number of hydrogen-bond acceptors (Lipinski definition) is 3. The number of hydrogen-bond donors (Lipinski definition) is 1. The number of nitrogens with zero attached hydrogens (tertiary/aromatic N) is 2. The van der Waals surface area contributed by atoms with E-state index in [1.807, 2.05) is 0 Å². The van der Waals surface area contributed by atoms with E-state index in [1.54, 1.807) is 11.9 Å². The lowest BCUT2D eigenvalue weighted by Gasteiger charge is -2.26. The Morgan fingerprint density at radius 1 is 1.26 bits per heavy atom. The fourth-order valence-corrected chi connectivity index (χ4v) is 1.94. The van der Waals surface area contributed by atoms with Gasteiger partial charge in [0.15, 0.2) is 0 Å². The molecule has 0 aromatic rings. The van der Waals surface area contributed by atoms with Crippen molar-refractivity contribution in [3.63, 3.8) is 0 Å². The standard InChI is InChI=1S/C13H22N2O4/c1-14(6-7-19-9-10-2-3-10)13(18)15(8-12(16)17)11-4-5-11/h10-11H,2-9H2,1H3,(H,16,17). The number of carboxylic acid groups (broad SMARTS) is 1. The molecule has 0 heterocycles. The van der Waals surface area contributed by atoms with Gasteiger partial charge in [0.25, 0.3) is 0 Å². The van der Waals surface area contributed by atoms with Gasteiger partial charge in [0.2, 0.25) is 0 Å². The van der Waals surface area contributed by atoms with Gasteiger partial charge in [-0.3, -0.25) is 4.79 Å². The van der Waals surface area contributed by atoms with Crippen LogP contribution in [0.25, 0.3) is 0 Å². The summed E-state index contributed by atoms with van der Waals surface area (Å²) in [5, 5.41) is 8.84. The molecule has 0 aromatic carbocycles.